The smallest absolute Gasteiger partial charge is 0.310 e. The minimum Gasteiger partial charge on any atom is -0.460 e. The maximum Gasteiger partial charge on any atom is 0.310 e. The summed E-state index contributed by atoms with van der Waals surface area (Å²) in [6.45, 7) is 11.1. The highest BCUT2D eigenvalue weighted by Gasteiger charge is 2.52. The fourth-order valence-corrected chi connectivity index (χ4v) is 3.20. The van der Waals surface area contributed by atoms with Gasteiger partial charge in [0.15, 0.2) is 0 Å². The number of aliphatic hydroxyl groups excluding tert-OH is 1. The van der Waals surface area contributed by atoms with Crippen molar-refractivity contribution in [3.05, 3.63) is 12.7 Å². The Labute approximate surface area is 132 Å². The molecule has 5 nitrogen and oxygen atoms in total. The summed E-state index contributed by atoms with van der Waals surface area (Å²) in [5, 5.41) is 12.9. The SMILES string of the molecule is C=CC1CC1(C)NC(=O)C1CC(O)CC1C(=O)OC(C)(C)C. The fraction of sp³-hybridized carbons (Fsp3) is 0.765. The third kappa shape index (κ3) is 3.69. The van der Waals surface area contributed by atoms with Crippen molar-refractivity contribution in [3.63, 3.8) is 0 Å². The Kier molecular flexibility index (Phi) is 4.39. The van der Waals surface area contributed by atoms with Crippen LogP contribution in [-0.4, -0.2) is 34.2 Å². The topological polar surface area (TPSA) is 75.6 Å². The molecule has 22 heavy (non-hydrogen) atoms. The molecule has 1 amide bonds. The third-order valence-corrected chi connectivity index (χ3v) is 4.58. The number of amides is 1. The second kappa shape index (κ2) is 5.69. The Balaban J connectivity index is 2.03. The predicted octanol–water partition coefficient (Wildman–Crippen LogP) is 1.80. The van der Waals surface area contributed by atoms with E-state index < -0.39 is 29.5 Å². The lowest BCUT2D eigenvalue weighted by Gasteiger charge is -2.25. The number of hydrogen-bond donors (Lipinski definition) is 2. The van der Waals surface area contributed by atoms with Gasteiger partial charge in [-0.3, -0.25) is 9.59 Å². The van der Waals surface area contributed by atoms with Crippen LogP contribution < -0.4 is 5.32 Å². The molecular formula is C17H27NO4. The quantitative estimate of drug-likeness (QED) is 0.613. The van der Waals surface area contributed by atoms with Crippen molar-refractivity contribution in [3.8, 4) is 0 Å². The van der Waals surface area contributed by atoms with Gasteiger partial charge in [0, 0.05) is 11.5 Å². The van der Waals surface area contributed by atoms with E-state index in [2.05, 4.69) is 11.9 Å². The Morgan fingerprint density at radius 2 is 1.91 bits per heavy atom. The summed E-state index contributed by atoms with van der Waals surface area (Å²) >= 11 is 0. The van der Waals surface area contributed by atoms with Gasteiger partial charge >= 0.3 is 5.97 Å². The number of esters is 1. The van der Waals surface area contributed by atoms with Gasteiger partial charge in [-0.15, -0.1) is 6.58 Å². The molecule has 2 aliphatic rings. The first-order valence-electron chi connectivity index (χ1n) is 7.91. The van der Waals surface area contributed by atoms with Crippen LogP contribution >= 0.6 is 0 Å². The van der Waals surface area contributed by atoms with Crippen molar-refractivity contribution in [2.24, 2.45) is 17.8 Å². The molecule has 0 heterocycles. The lowest BCUT2D eigenvalue weighted by Crippen LogP contribution is -2.43. The third-order valence-electron chi connectivity index (χ3n) is 4.58. The van der Waals surface area contributed by atoms with Crippen LogP contribution in [0.1, 0.15) is 47.0 Å². The summed E-state index contributed by atoms with van der Waals surface area (Å²) in [4.78, 5) is 24.8. The molecule has 2 saturated carbocycles. The van der Waals surface area contributed by atoms with Crippen LogP contribution in [0.15, 0.2) is 12.7 Å². The number of carbonyl (C=O) groups is 2. The minimum absolute atomic E-state index is 0.167. The lowest BCUT2D eigenvalue weighted by molar-refractivity contribution is -0.163. The Bertz CT molecular complexity index is 482. The Morgan fingerprint density at radius 1 is 1.32 bits per heavy atom. The summed E-state index contributed by atoms with van der Waals surface area (Å²) < 4.78 is 5.39. The van der Waals surface area contributed by atoms with Crippen LogP contribution in [0.3, 0.4) is 0 Å². The van der Waals surface area contributed by atoms with Gasteiger partial charge < -0.3 is 15.2 Å². The van der Waals surface area contributed by atoms with Crippen molar-refractivity contribution >= 4 is 11.9 Å². The van der Waals surface area contributed by atoms with Crippen LogP contribution in [0.4, 0.5) is 0 Å². The molecule has 2 N–H and O–H groups in total. The number of hydrogen-bond acceptors (Lipinski definition) is 4. The van der Waals surface area contributed by atoms with Crippen LogP contribution in [0.2, 0.25) is 0 Å². The molecule has 2 fully saturated rings. The van der Waals surface area contributed by atoms with E-state index in [0.29, 0.717) is 6.42 Å². The molecule has 5 unspecified atom stereocenters. The van der Waals surface area contributed by atoms with E-state index >= 15 is 0 Å². The van der Waals surface area contributed by atoms with Gasteiger partial charge in [-0.1, -0.05) is 6.08 Å². The monoisotopic (exact) mass is 309 g/mol. The molecule has 0 radical (unpaired) electrons. The first-order valence-corrected chi connectivity index (χ1v) is 7.91. The average Bonchev–Trinajstić information content (AvgIpc) is 2.83. The zero-order chi connectivity index (χ0) is 16.7. The van der Waals surface area contributed by atoms with Crippen molar-refractivity contribution in [2.45, 2.75) is 64.2 Å². The van der Waals surface area contributed by atoms with Crippen LogP contribution in [0.25, 0.3) is 0 Å². The second-order valence-corrected chi connectivity index (χ2v) is 7.82. The normalized spacial score (nSPS) is 37.5. The van der Waals surface area contributed by atoms with Gasteiger partial charge in [-0.2, -0.15) is 0 Å². The molecule has 124 valence electrons. The summed E-state index contributed by atoms with van der Waals surface area (Å²) in [5.74, 6) is -1.38. The highest BCUT2D eigenvalue weighted by Crippen LogP contribution is 2.44. The maximum atomic E-state index is 12.5. The second-order valence-electron chi connectivity index (χ2n) is 7.82. The predicted molar refractivity (Wildman–Crippen MR) is 82.9 cm³/mol. The first kappa shape index (κ1) is 17.0. The molecule has 0 aliphatic heterocycles. The van der Waals surface area contributed by atoms with E-state index in [1.807, 2.05) is 13.0 Å². The molecule has 0 aromatic rings. The number of nitrogens with one attached hydrogen (secondary N) is 1. The van der Waals surface area contributed by atoms with Gasteiger partial charge in [0.1, 0.15) is 5.60 Å². The first-order chi connectivity index (χ1) is 10.1. The maximum absolute atomic E-state index is 12.5. The Morgan fingerprint density at radius 3 is 2.41 bits per heavy atom. The van der Waals surface area contributed by atoms with Crippen molar-refractivity contribution in [1.82, 2.24) is 5.32 Å². The molecule has 0 aromatic carbocycles. The number of rotatable bonds is 4. The number of carbonyl (C=O) groups excluding carboxylic acids is 2. The van der Waals surface area contributed by atoms with E-state index in [9.17, 15) is 14.7 Å². The van der Waals surface area contributed by atoms with Gasteiger partial charge in [-0.25, -0.2) is 0 Å². The van der Waals surface area contributed by atoms with Crippen molar-refractivity contribution in [1.29, 1.82) is 0 Å². The molecule has 5 atom stereocenters. The van der Waals surface area contributed by atoms with Gasteiger partial charge in [-0.05, 0) is 47.0 Å². The summed E-state index contributed by atoms with van der Waals surface area (Å²) in [6.07, 6.45) is 2.68. The summed E-state index contributed by atoms with van der Waals surface area (Å²) in [5.41, 5.74) is -0.854. The molecule has 2 rings (SSSR count). The lowest BCUT2D eigenvalue weighted by atomic mass is 9.94. The van der Waals surface area contributed by atoms with E-state index in [-0.39, 0.29) is 23.8 Å². The van der Waals surface area contributed by atoms with Crippen molar-refractivity contribution < 1.29 is 19.4 Å². The molecule has 0 saturated heterocycles. The molecule has 0 aromatic heterocycles. The molecular weight excluding hydrogens is 282 g/mol. The summed E-state index contributed by atoms with van der Waals surface area (Å²) in [6, 6.07) is 0. The molecule has 0 spiro atoms. The van der Waals surface area contributed by atoms with Crippen LogP contribution in [0.5, 0.6) is 0 Å². The van der Waals surface area contributed by atoms with Crippen molar-refractivity contribution in [2.75, 3.05) is 0 Å². The van der Waals surface area contributed by atoms with Gasteiger partial charge in [0.25, 0.3) is 0 Å². The number of aliphatic hydroxyl groups is 1. The summed E-state index contributed by atoms with van der Waals surface area (Å²) in [7, 11) is 0. The van der Waals surface area contributed by atoms with Crippen LogP contribution in [0, 0.1) is 17.8 Å². The largest absolute Gasteiger partial charge is 0.460 e. The van der Waals surface area contributed by atoms with E-state index in [1.165, 1.54) is 0 Å². The molecule has 0 bridgehead atoms. The minimum atomic E-state index is -0.629. The van der Waals surface area contributed by atoms with E-state index in [0.717, 1.165) is 6.42 Å². The highest BCUT2D eigenvalue weighted by atomic mass is 16.6. The van der Waals surface area contributed by atoms with Gasteiger partial charge in [0.2, 0.25) is 5.91 Å². The Hall–Kier alpha value is -1.36. The standard InChI is InChI=1S/C17H27NO4/c1-6-10-9-17(10,5)18-14(20)12-7-11(19)8-13(12)15(21)22-16(2,3)4/h6,10-13,19H,1,7-9H2,2-5H3,(H,18,20). The van der Waals surface area contributed by atoms with E-state index in [4.69, 9.17) is 4.74 Å². The molecule has 5 heteroatoms. The van der Waals surface area contributed by atoms with E-state index in [1.54, 1.807) is 20.8 Å². The zero-order valence-electron chi connectivity index (χ0n) is 13.9. The molecule has 2 aliphatic carbocycles. The van der Waals surface area contributed by atoms with Gasteiger partial charge in [0.05, 0.1) is 17.9 Å². The average molecular weight is 309 g/mol. The number of ether oxygens (including phenoxy) is 1. The zero-order valence-corrected chi connectivity index (χ0v) is 13.9. The fourth-order valence-electron chi connectivity index (χ4n) is 3.20. The van der Waals surface area contributed by atoms with Crippen LogP contribution in [-0.2, 0) is 14.3 Å². The highest BCUT2D eigenvalue weighted by molar-refractivity contribution is 5.87.